The fraction of sp³-hybridized carbons (Fsp3) is 0.529. The van der Waals surface area contributed by atoms with Gasteiger partial charge in [-0.25, -0.2) is 15.3 Å². The molecule has 1 unspecified atom stereocenters. The Hall–Kier alpha value is -2.16. The lowest BCUT2D eigenvalue weighted by Crippen LogP contribution is -2.58. The zero-order chi connectivity index (χ0) is 18.1. The molecule has 2 rings (SSSR count). The minimum Gasteiger partial charge on any atom is -0.317 e. The molecule has 138 valence electrons. The van der Waals surface area contributed by atoms with Crippen molar-refractivity contribution < 1.29 is 19.3 Å². The van der Waals surface area contributed by atoms with Crippen LogP contribution in [0, 0.1) is 0 Å². The summed E-state index contributed by atoms with van der Waals surface area (Å²) < 4.78 is 0. The molecule has 1 atom stereocenters. The van der Waals surface area contributed by atoms with Gasteiger partial charge in [-0.05, 0) is 26.0 Å². The van der Waals surface area contributed by atoms with Crippen molar-refractivity contribution in [3.63, 3.8) is 0 Å². The Morgan fingerprint density at radius 2 is 2.08 bits per heavy atom. The van der Waals surface area contributed by atoms with E-state index in [-0.39, 0.29) is 11.9 Å². The number of amides is 3. The molecule has 1 aliphatic rings. The summed E-state index contributed by atoms with van der Waals surface area (Å²) in [5.41, 5.74) is 3.40. The predicted octanol–water partition coefficient (Wildman–Crippen LogP) is 0.902. The molecule has 8 nitrogen and oxygen atoms in total. The van der Waals surface area contributed by atoms with Crippen LogP contribution < -0.4 is 10.8 Å². The summed E-state index contributed by atoms with van der Waals surface area (Å²) in [6.45, 7) is 3.91. The van der Waals surface area contributed by atoms with Crippen molar-refractivity contribution >= 4 is 11.9 Å². The van der Waals surface area contributed by atoms with Crippen LogP contribution in [0.3, 0.4) is 0 Å². The molecule has 0 spiro atoms. The molecule has 1 saturated heterocycles. The number of rotatable bonds is 9. The number of nitrogens with one attached hydrogen (secondary N) is 2. The molecule has 0 bridgehead atoms. The highest BCUT2D eigenvalue weighted by Crippen LogP contribution is 2.18. The van der Waals surface area contributed by atoms with E-state index in [0.717, 1.165) is 5.56 Å². The first-order valence-electron chi connectivity index (χ1n) is 8.48. The van der Waals surface area contributed by atoms with Crippen LogP contribution in [-0.4, -0.2) is 61.2 Å². The van der Waals surface area contributed by atoms with Crippen molar-refractivity contribution in [3.8, 4) is 0 Å². The minimum atomic E-state index is -0.552. The number of nitrogens with zero attached hydrogens (tertiary/aromatic N) is 2. The van der Waals surface area contributed by atoms with Gasteiger partial charge in [0.2, 0.25) is 0 Å². The zero-order valence-corrected chi connectivity index (χ0v) is 14.7. The molecule has 1 aromatic rings. The van der Waals surface area contributed by atoms with Crippen LogP contribution in [0.1, 0.15) is 18.9 Å². The number of benzene rings is 1. The second-order valence-electron chi connectivity index (χ2n) is 5.65. The molecule has 2 N–H and O–H groups in total. The van der Waals surface area contributed by atoms with Gasteiger partial charge in [-0.1, -0.05) is 30.3 Å². The van der Waals surface area contributed by atoms with Gasteiger partial charge in [0.15, 0.2) is 0 Å². The van der Waals surface area contributed by atoms with E-state index in [2.05, 4.69) is 10.8 Å². The van der Waals surface area contributed by atoms with Gasteiger partial charge in [-0.3, -0.25) is 14.5 Å². The summed E-state index contributed by atoms with van der Waals surface area (Å²) >= 11 is 0. The molecule has 3 amide bonds. The van der Waals surface area contributed by atoms with E-state index in [0.29, 0.717) is 39.3 Å². The van der Waals surface area contributed by atoms with Gasteiger partial charge in [0, 0.05) is 13.1 Å². The number of hydrogen-bond acceptors (Lipinski definition) is 5. The maximum Gasteiger partial charge on any atom is 0.344 e. The number of likely N-dealkylation sites (N-methyl/N-ethyl adjacent to an activating group) is 2. The van der Waals surface area contributed by atoms with E-state index >= 15 is 0 Å². The number of hydrogen-bond donors (Lipinski definition) is 2. The Balaban J connectivity index is 1.87. The van der Waals surface area contributed by atoms with Gasteiger partial charge in [0.25, 0.3) is 5.91 Å². The number of urea groups is 1. The van der Waals surface area contributed by atoms with Gasteiger partial charge in [0.05, 0.1) is 13.2 Å². The molecular formula is C17H26N4O4. The van der Waals surface area contributed by atoms with E-state index in [1.54, 1.807) is 7.05 Å². The van der Waals surface area contributed by atoms with Gasteiger partial charge in [-0.2, -0.15) is 0 Å². The summed E-state index contributed by atoms with van der Waals surface area (Å²) in [5, 5.41) is 4.24. The quantitative estimate of drug-likeness (QED) is 0.511. The largest absolute Gasteiger partial charge is 0.344 e. The van der Waals surface area contributed by atoms with E-state index in [9.17, 15) is 9.59 Å². The highest BCUT2D eigenvalue weighted by Gasteiger charge is 2.37. The van der Waals surface area contributed by atoms with Gasteiger partial charge in [0.1, 0.15) is 12.6 Å². The molecule has 0 aliphatic carbocycles. The second kappa shape index (κ2) is 9.97. The van der Waals surface area contributed by atoms with Crippen LogP contribution in [-0.2, 0) is 21.1 Å². The maximum absolute atomic E-state index is 12.6. The van der Waals surface area contributed by atoms with Crippen molar-refractivity contribution in [1.82, 2.24) is 20.8 Å². The molecule has 0 radical (unpaired) electrons. The first-order chi connectivity index (χ1) is 12.2. The summed E-state index contributed by atoms with van der Waals surface area (Å²) in [6, 6.07) is 8.78. The Bertz CT molecular complexity index is 555. The molecular weight excluding hydrogens is 324 g/mol. The lowest BCUT2D eigenvalue weighted by Gasteiger charge is -2.39. The van der Waals surface area contributed by atoms with Crippen molar-refractivity contribution in [3.05, 3.63) is 35.9 Å². The van der Waals surface area contributed by atoms with Crippen LogP contribution in [0.15, 0.2) is 30.3 Å². The second-order valence-corrected chi connectivity index (χ2v) is 5.65. The maximum atomic E-state index is 12.6. The Morgan fingerprint density at radius 1 is 1.32 bits per heavy atom. The Morgan fingerprint density at radius 3 is 2.76 bits per heavy atom. The Labute approximate surface area is 148 Å². The van der Waals surface area contributed by atoms with Gasteiger partial charge < -0.3 is 10.2 Å². The molecule has 1 aromatic carbocycles. The topological polar surface area (TPSA) is 83.1 Å². The standard InChI is InChI=1S/C17H26N4O4/c1-3-20-15(16(22)19-24-12-10-18-2)9-11-21(17(20)23)25-13-14-7-5-4-6-8-14/h4-8,15,18H,3,9-13H2,1-2H3,(H,19,22). The first-order valence-corrected chi connectivity index (χ1v) is 8.48. The summed E-state index contributed by atoms with van der Waals surface area (Å²) in [6.07, 6.45) is 0.482. The lowest BCUT2D eigenvalue weighted by molar-refractivity contribution is -0.161. The van der Waals surface area contributed by atoms with E-state index in [4.69, 9.17) is 9.68 Å². The highest BCUT2D eigenvalue weighted by molar-refractivity contribution is 5.87. The minimum absolute atomic E-state index is 0.306. The van der Waals surface area contributed by atoms with E-state index in [1.165, 1.54) is 9.96 Å². The molecule has 1 aliphatic heterocycles. The highest BCUT2D eigenvalue weighted by atomic mass is 16.7. The summed E-state index contributed by atoms with van der Waals surface area (Å²) in [7, 11) is 1.80. The van der Waals surface area contributed by atoms with Crippen LogP contribution in [0.2, 0.25) is 0 Å². The fourth-order valence-corrected chi connectivity index (χ4v) is 2.59. The molecule has 25 heavy (non-hydrogen) atoms. The number of carbonyl (C=O) groups is 2. The van der Waals surface area contributed by atoms with Crippen molar-refractivity contribution in [2.24, 2.45) is 0 Å². The third-order valence-corrected chi connectivity index (χ3v) is 3.94. The first kappa shape index (κ1) is 19.2. The summed E-state index contributed by atoms with van der Waals surface area (Å²) in [5.74, 6) is -0.311. The lowest BCUT2D eigenvalue weighted by atomic mass is 10.1. The van der Waals surface area contributed by atoms with Gasteiger partial charge in [-0.15, -0.1) is 0 Å². The monoisotopic (exact) mass is 350 g/mol. The van der Waals surface area contributed by atoms with Crippen molar-refractivity contribution in [2.75, 3.05) is 33.3 Å². The third kappa shape index (κ3) is 5.42. The third-order valence-electron chi connectivity index (χ3n) is 3.94. The fourth-order valence-electron chi connectivity index (χ4n) is 2.59. The van der Waals surface area contributed by atoms with E-state index < -0.39 is 6.04 Å². The molecule has 0 saturated carbocycles. The number of hydroxylamine groups is 3. The molecule has 0 aromatic heterocycles. The van der Waals surface area contributed by atoms with Crippen molar-refractivity contribution in [1.29, 1.82) is 0 Å². The molecule has 8 heteroatoms. The average molecular weight is 350 g/mol. The van der Waals surface area contributed by atoms with E-state index in [1.807, 2.05) is 37.3 Å². The zero-order valence-electron chi connectivity index (χ0n) is 14.7. The van der Waals surface area contributed by atoms with Crippen LogP contribution in [0.25, 0.3) is 0 Å². The van der Waals surface area contributed by atoms with Gasteiger partial charge >= 0.3 is 6.03 Å². The predicted molar refractivity (Wildman–Crippen MR) is 92.1 cm³/mol. The number of carbonyl (C=O) groups excluding carboxylic acids is 2. The summed E-state index contributed by atoms with van der Waals surface area (Å²) in [4.78, 5) is 37.0. The van der Waals surface area contributed by atoms with Crippen LogP contribution >= 0.6 is 0 Å². The SMILES string of the molecule is CCN1C(=O)N(OCc2ccccc2)CCC1C(=O)NOCCNC. The molecule has 1 fully saturated rings. The molecule has 1 heterocycles. The smallest absolute Gasteiger partial charge is 0.317 e. The average Bonchev–Trinajstić information content (AvgIpc) is 2.64. The van der Waals surface area contributed by atoms with Crippen LogP contribution in [0.4, 0.5) is 4.79 Å². The van der Waals surface area contributed by atoms with Crippen LogP contribution in [0.5, 0.6) is 0 Å². The Kier molecular flexibility index (Phi) is 7.65. The normalized spacial score (nSPS) is 17.7. The van der Waals surface area contributed by atoms with Crippen molar-refractivity contribution in [2.45, 2.75) is 26.0 Å².